The molecule has 0 aliphatic heterocycles. The normalized spacial score (nSPS) is 10.5. The Kier molecular flexibility index (Phi) is 8.27. The molecule has 0 fully saturated rings. The van der Waals surface area contributed by atoms with Gasteiger partial charge in [-0.2, -0.15) is 12.6 Å². The fourth-order valence-corrected chi connectivity index (χ4v) is 3.06. The van der Waals surface area contributed by atoms with Gasteiger partial charge in [-0.15, -0.1) is 0 Å². The molecule has 3 rings (SSSR count). The van der Waals surface area contributed by atoms with Crippen molar-refractivity contribution in [2.45, 2.75) is 26.8 Å². The summed E-state index contributed by atoms with van der Waals surface area (Å²) in [5.41, 5.74) is 6.96. The molecule has 0 saturated carbocycles. The highest BCUT2D eigenvalue weighted by atomic mass is 79.9. The zero-order valence-corrected chi connectivity index (χ0v) is 19.2. The van der Waals surface area contributed by atoms with E-state index in [1.54, 1.807) is 7.05 Å². The molecule has 0 atom stereocenters. The summed E-state index contributed by atoms with van der Waals surface area (Å²) in [4.78, 5) is 35.4. The first-order valence-electron chi connectivity index (χ1n) is 9.18. The quantitative estimate of drug-likeness (QED) is 0.558. The molecule has 0 aliphatic rings. The van der Waals surface area contributed by atoms with Crippen LogP contribution in [-0.4, -0.2) is 49.4 Å². The molecule has 0 bridgehead atoms. The van der Waals surface area contributed by atoms with E-state index in [9.17, 15) is 9.59 Å². The number of nitrogen functional groups attached to an aromatic ring is 1. The molecular formula is C19H25BrN6O2S. The highest BCUT2D eigenvalue weighted by molar-refractivity contribution is 9.10. The molecular weight excluding hydrogens is 456 g/mol. The fraction of sp³-hybridized carbons (Fsp3) is 0.368. The average molecular weight is 481 g/mol. The van der Waals surface area contributed by atoms with Gasteiger partial charge in [0, 0.05) is 18.1 Å². The number of carbonyl (C=O) groups excluding carboxylic acids is 1. The predicted molar refractivity (Wildman–Crippen MR) is 123 cm³/mol. The lowest BCUT2D eigenvalue weighted by molar-refractivity contribution is 0.210. The molecule has 8 nitrogen and oxygen atoms in total. The summed E-state index contributed by atoms with van der Waals surface area (Å²) >= 11 is 7.18. The number of thiol groups is 1. The van der Waals surface area contributed by atoms with E-state index < -0.39 is 11.7 Å². The number of benzene rings is 1. The average Bonchev–Trinajstić information content (AvgIpc) is 2.97. The second-order valence-corrected chi connectivity index (χ2v) is 7.83. The predicted octanol–water partition coefficient (Wildman–Crippen LogP) is 3.23. The number of fused-ring (bicyclic) bond motifs is 1. The van der Waals surface area contributed by atoms with Gasteiger partial charge < -0.3 is 10.6 Å². The zero-order chi connectivity index (χ0) is 21.6. The van der Waals surface area contributed by atoms with Crippen LogP contribution in [0.3, 0.4) is 0 Å². The van der Waals surface area contributed by atoms with E-state index in [2.05, 4.69) is 38.5 Å². The van der Waals surface area contributed by atoms with Gasteiger partial charge in [0.1, 0.15) is 11.8 Å². The van der Waals surface area contributed by atoms with Crippen molar-refractivity contribution in [1.82, 2.24) is 24.0 Å². The van der Waals surface area contributed by atoms with Crippen LogP contribution in [-0.2, 0) is 6.54 Å². The standard InChI is InChI=1S/C17H19BrN6O2.C2H6S/c1-3-8-22(2)16(25)24-13-14(19)20-10-21-15(13)23(17(24)26)9-11-4-6-12(18)7-5-11;1-2-3/h4-7,10H,3,8-9H2,1-2H3,(H2,19,20,21);3H,2H2,1H3. The van der Waals surface area contributed by atoms with Crippen molar-refractivity contribution in [2.24, 2.45) is 0 Å². The Balaban J connectivity index is 0.000000941. The number of anilines is 1. The SMILES string of the molecule is CCCN(C)C(=O)n1c(=O)n(Cc2ccc(Br)cc2)c2ncnc(N)c21.CCS. The highest BCUT2D eigenvalue weighted by Crippen LogP contribution is 2.18. The van der Waals surface area contributed by atoms with Crippen LogP contribution in [0.5, 0.6) is 0 Å². The van der Waals surface area contributed by atoms with Gasteiger partial charge in [-0.25, -0.2) is 24.1 Å². The van der Waals surface area contributed by atoms with E-state index >= 15 is 0 Å². The van der Waals surface area contributed by atoms with Crippen molar-refractivity contribution < 1.29 is 4.79 Å². The number of aromatic nitrogens is 4. The zero-order valence-electron chi connectivity index (χ0n) is 16.7. The third-order valence-electron chi connectivity index (χ3n) is 4.06. The Morgan fingerprint density at radius 2 is 1.86 bits per heavy atom. The number of halogens is 1. The minimum atomic E-state index is -0.483. The number of carbonyl (C=O) groups is 1. The molecule has 1 amide bonds. The molecule has 2 heterocycles. The molecule has 156 valence electrons. The van der Waals surface area contributed by atoms with Crippen LogP contribution in [0.4, 0.5) is 10.6 Å². The molecule has 0 unspecified atom stereocenters. The van der Waals surface area contributed by atoms with Crippen LogP contribution in [0.2, 0.25) is 0 Å². The Hall–Kier alpha value is -2.33. The van der Waals surface area contributed by atoms with Gasteiger partial charge in [0.25, 0.3) is 0 Å². The molecule has 1 aromatic carbocycles. The lowest BCUT2D eigenvalue weighted by Gasteiger charge is -2.16. The van der Waals surface area contributed by atoms with Gasteiger partial charge in [0.05, 0.1) is 6.54 Å². The van der Waals surface area contributed by atoms with Crippen LogP contribution in [0.15, 0.2) is 39.9 Å². The summed E-state index contributed by atoms with van der Waals surface area (Å²) in [6.45, 7) is 4.75. The lowest BCUT2D eigenvalue weighted by atomic mass is 10.2. The minimum absolute atomic E-state index is 0.0971. The molecule has 2 aromatic heterocycles. The van der Waals surface area contributed by atoms with Gasteiger partial charge in [-0.1, -0.05) is 41.9 Å². The molecule has 3 aromatic rings. The van der Waals surface area contributed by atoms with Crippen LogP contribution >= 0.6 is 28.6 Å². The van der Waals surface area contributed by atoms with Gasteiger partial charge >= 0.3 is 11.7 Å². The smallest absolute Gasteiger partial charge is 0.339 e. The third kappa shape index (κ3) is 5.18. The van der Waals surface area contributed by atoms with E-state index in [1.165, 1.54) is 15.8 Å². The van der Waals surface area contributed by atoms with Crippen molar-refractivity contribution >= 4 is 51.6 Å². The molecule has 0 spiro atoms. The number of rotatable bonds is 4. The number of nitrogens with two attached hydrogens (primary N) is 1. The van der Waals surface area contributed by atoms with Crippen molar-refractivity contribution in [3.8, 4) is 0 Å². The second kappa shape index (κ2) is 10.4. The maximum Gasteiger partial charge on any atom is 0.339 e. The molecule has 2 N–H and O–H groups in total. The largest absolute Gasteiger partial charge is 0.382 e. The molecule has 0 aliphatic carbocycles. The Bertz CT molecular complexity index is 1030. The summed E-state index contributed by atoms with van der Waals surface area (Å²) in [5.74, 6) is 1.04. The number of amides is 1. The van der Waals surface area contributed by atoms with Crippen molar-refractivity contribution in [3.63, 3.8) is 0 Å². The number of imidazole rings is 1. The summed E-state index contributed by atoms with van der Waals surface area (Å²) in [5, 5.41) is 0. The van der Waals surface area contributed by atoms with Crippen molar-refractivity contribution in [2.75, 3.05) is 25.1 Å². The van der Waals surface area contributed by atoms with Gasteiger partial charge in [0.2, 0.25) is 0 Å². The second-order valence-electron chi connectivity index (χ2n) is 6.28. The molecule has 29 heavy (non-hydrogen) atoms. The van der Waals surface area contributed by atoms with Crippen LogP contribution in [0.25, 0.3) is 11.2 Å². The highest BCUT2D eigenvalue weighted by Gasteiger charge is 2.24. The first kappa shape index (κ1) is 23.0. The Labute approximate surface area is 183 Å². The first-order valence-corrected chi connectivity index (χ1v) is 10.6. The van der Waals surface area contributed by atoms with E-state index in [1.807, 2.05) is 38.1 Å². The summed E-state index contributed by atoms with van der Waals surface area (Å²) in [7, 11) is 1.65. The first-order chi connectivity index (χ1) is 13.8. The van der Waals surface area contributed by atoms with Crippen molar-refractivity contribution in [1.29, 1.82) is 0 Å². The van der Waals surface area contributed by atoms with Crippen LogP contribution in [0.1, 0.15) is 25.8 Å². The Morgan fingerprint density at radius 1 is 1.24 bits per heavy atom. The van der Waals surface area contributed by atoms with Gasteiger partial charge in [-0.05, 0) is 29.9 Å². The van der Waals surface area contributed by atoms with E-state index in [-0.39, 0.29) is 17.9 Å². The lowest BCUT2D eigenvalue weighted by Crippen LogP contribution is -2.38. The number of hydrogen-bond acceptors (Lipinski definition) is 6. The van der Waals surface area contributed by atoms with E-state index in [0.717, 1.165) is 26.8 Å². The Morgan fingerprint density at radius 3 is 2.45 bits per heavy atom. The van der Waals surface area contributed by atoms with E-state index in [0.29, 0.717) is 12.2 Å². The maximum atomic E-state index is 13.0. The van der Waals surface area contributed by atoms with Crippen LogP contribution in [0, 0.1) is 0 Å². The fourth-order valence-electron chi connectivity index (χ4n) is 2.80. The summed E-state index contributed by atoms with van der Waals surface area (Å²) < 4.78 is 3.44. The summed E-state index contributed by atoms with van der Waals surface area (Å²) in [6.07, 6.45) is 2.07. The van der Waals surface area contributed by atoms with Crippen LogP contribution < -0.4 is 11.4 Å². The van der Waals surface area contributed by atoms with Gasteiger partial charge in [-0.3, -0.25) is 4.57 Å². The third-order valence-corrected chi connectivity index (χ3v) is 4.59. The topological polar surface area (TPSA) is 99.0 Å². The van der Waals surface area contributed by atoms with E-state index in [4.69, 9.17) is 5.73 Å². The monoisotopic (exact) mass is 480 g/mol. The number of hydrogen-bond donors (Lipinski definition) is 2. The summed E-state index contributed by atoms with van der Waals surface area (Å²) in [6, 6.07) is 7.13. The molecule has 10 heteroatoms. The molecule has 0 radical (unpaired) electrons. The van der Waals surface area contributed by atoms with Gasteiger partial charge in [0.15, 0.2) is 11.5 Å². The minimum Gasteiger partial charge on any atom is -0.382 e. The number of nitrogens with zero attached hydrogens (tertiary/aromatic N) is 5. The van der Waals surface area contributed by atoms with Crippen molar-refractivity contribution in [3.05, 3.63) is 51.1 Å². The molecule has 0 saturated heterocycles. The maximum absolute atomic E-state index is 13.0.